The monoisotopic (exact) mass is 408 g/mol. The Balaban J connectivity index is 1.61. The van der Waals surface area contributed by atoms with Gasteiger partial charge in [-0.2, -0.15) is 0 Å². The third kappa shape index (κ3) is 3.50. The molecule has 1 atom stereocenters. The molecule has 2 amide bonds. The van der Waals surface area contributed by atoms with Gasteiger partial charge in [-0.3, -0.25) is 0 Å². The number of nitrogens with one attached hydrogen (secondary N) is 1. The molecule has 0 saturated heterocycles. The molecule has 30 heavy (non-hydrogen) atoms. The first kappa shape index (κ1) is 19.6. The molecule has 0 spiro atoms. The summed E-state index contributed by atoms with van der Waals surface area (Å²) in [6.07, 6.45) is 0.492. The Bertz CT molecular complexity index is 1160. The van der Waals surface area contributed by atoms with Gasteiger partial charge in [-0.15, -0.1) is 0 Å². The molecule has 1 N–H and O–H groups in total. The van der Waals surface area contributed by atoms with Crippen LogP contribution < -0.4 is 5.32 Å². The maximum Gasteiger partial charge on any atom is 0.322 e. The number of urea groups is 1. The zero-order valence-electron chi connectivity index (χ0n) is 16.4. The van der Waals surface area contributed by atoms with Gasteiger partial charge in [0.05, 0.1) is 18.8 Å². The van der Waals surface area contributed by atoms with Gasteiger partial charge < -0.3 is 14.7 Å². The summed E-state index contributed by atoms with van der Waals surface area (Å²) < 4.78 is 32.7. The molecular formula is C22H18F2N4O2. The minimum absolute atomic E-state index is 0.111. The highest BCUT2D eigenvalue weighted by molar-refractivity contribution is 5.90. The Morgan fingerprint density at radius 1 is 1.33 bits per heavy atom. The van der Waals surface area contributed by atoms with E-state index >= 15 is 0 Å². The fourth-order valence-electron chi connectivity index (χ4n) is 3.59. The van der Waals surface area contributed by atoms with Gasteiger partial charge >= 0.3 is 6.03 Å². The molecule has 0 saturated carbocycles. The van der Waals surface area contributed by atoms with Gasteiger partial charge in [0.1, 0.15) is 0 Å². The summed E-state index contributed by atoms with van der Waals surface area (Å²) in [4.78, 5) is 17.9. The number of halogens is 2. The van der Waals surface area contributed by atoms with Crippen LogP contribution in [0.5, 0.6) is 0 Å². The van der Waals surface area contributed by atoms with Crippen LogP contribution in [0, 0.1) is 25.1 Å². The summed E-state index contributed by atoms with van der Waals surface area (Å²) in [5, 5.41) is 6.79. The zero-order valence-corrected chi connectivity index (χ0v) is 16.4. The van der Waals surface area contributed by atoms with Gasteiger partial charge in [-0.25, -0.2) is 18.4 Å². The standard InChI is InChI=1S/C22H18F2N4O2/c1-12-7-16(10-18(23)20(12)24)26-22(29)28-11-17-19(8-13(28)2)27-30-21(17)14-5-4-6-15(9-14)25-3/h4-7,9-10,13H,8,11H2,1-2H3,(H,26,29). The largest absolute Gasteiger partial charge is 0.356 e. The fraction of sp³-hybridized carbons (Fsp3) is 0.227. The molecule has 1 aliphatic rings. The van der Waals surface area contributed by atoms with E-state index in [-0.39, 0.29) is 23.8 Å². The Morgan fingerprint density at radius 3 is 2.87 bits per heavy atom. The highest BCUT2D eigenvalue weighted by Crippen LogP contribution is 2.34. The minimum atomic E-state index is -1.01. The van der Waals surface area contributed by atoms with Crippen molar-refractivity contribution in [3.63, 3.8) is 0 Å². The second-order valence-corrected chi connectivity index (χ2v) is 7.30. The van der Waals surface area contributed by atoms with Crippen LogP contribution in [-0.4, -0.2) is 22.1 Å². The van der Waals surface area contributed by atoms with Crippen LogP contribution in [0.1, 0.15) is 23.7 Å². The van der Waals surface area contributed by atoms with Crippen molar-refractivity contribution in [2.45, 2.75) is 32.9 Å². The zero-order chi connectivity index (χ0) is 21.4. The van der Waals surface area contributed by atoms with Crippen molar-refractivity contribution in [3.05, 3.63) is 76.3 Å². The number of hydrogen-bond donors (Lipinski definition) is 1. The molecule has 0 fully saturated rings. The highest BCUT2D eigenvalue weighted by Gasteiger charge is 2.32. The summed E-state index contributed by atoms with van der Waals surface area (Å²) in [6.45, 7) is 10.7. The summed E-state index contributed by atoms with van der Waals surface area (Å²) in [6, 6.07) is 8.74. The Hall–Kier alpha value is -3.73. The van der Waals surface area contributed by atoms with Gasteiger partial charge in [-0.05, 0) is 31.5 Å². The van der Waals surface area contributed by atoms with Crippen molar-refractivity contribution < 1.29 is 18.1 Å². The first-order valence-electron chi connectivity index (χ1n) is 9.36. The lowest BCUT2D eigenvalue weighted by Gasteiger charge is -2.32. The molecule has 2 aromatic carbocycles. The van der Waals surface area contributed by atoms with Crippen molar-refractivity contribution in [2.24, 2.45) is 0 Å². The molecule has 8 heteroatoms. The second kappa shape index (κ2) is 7.59. The Morgan fingerprint density at radius 2 is 2.13 bits per heavy atom. The predicted molar refractivity (Wildman–Crippen MR) is 107 cm³/mol. The van der Waals surface area contributed by atoms with Crippen molar-refractivity contribution in [2.75, 3.05) is 5.32 Å². The van der Waals surface area contributed by atoms with E-state index in [1.165, 1.54) is 13.0 Å². The van der Waals surface area contributed by atoms with E-state index in [4.69, 9.17) is 11.1 Å². The molecule has 0 radical (unpaired) electrons. The SMILES string of the molecule is [C-]#[N+]c1cccc(-c2onc3c2CN(C(=O)Nc2cc(C)c(F)c(F)c2)C(C)C3)c1. The van der Waals surface area contributed by atoms with E-state index in [2.05, 4.69) is 15.3 Å². The van der Waals surface area contributed by atoms with Crippen molar-refractivity contribution in [3.8, 4) is 11.3 Å². The quantitative estimate of drug-likeness (QED) is 0.573. The van der Waals surface area contributed by atoms with Gasteiger partial charge in [0, 0.05) is 35.3 Å². The van der Waals surface area contributed by atoms with Gasteiger partial charge in [0.2, 0.25) is 0 Å². The lowest BCUT2D eigenvalue weighted by Crippen LogP contribution is -2.44. The fourth-order valence-corrected chi connectivity index (χ4v) is 3.59. The van der Waals surface area contributed by atoms with Crippen LogP contribution in [0.15, 0.2) is 40.9 Å². The smallest absolute Gasteiger partial charge is 0.322 e. The minimum Gasteiger partial charge on any atom is -0.356 e. The molecule has 1 unspecified atom stereocenters. The number of amides is 2. The normalized spacial score (nSPS) is 15.4. The average molecular weight is 408 g/mol. The molecule has 0 aliphatic carbocycles. The first-order valence-corrected chi connectivity index (χ1v) is 9.36. The Labute approximate surface area is 171 Å². The second-order valence-electron chi connectivity index (χ2n) is 7.30. The van der Waals surface area contributed by atoms with E-state index in [9.17, 15) is 13.6 Å². The number of anilines is 1. The topological polar surface area (TPSA) is 62.7 Å². The van der Waals surface area contributed by atoms with E-state index in [1.807, 2.05) is 13.0 Å². The van der Waals surface area contributed by atoms with Crippen LogP contribution in [0.3, 0.4) is 0 Å². The number of carbonyl (C=O) groups excluding carboxylic acids is 1. The van der Waals surface area contributed by atoms with Crippen LogP contribution in [0.25, 0.3) is 16.2 Å². The lowest BCUT2D eigenvalue weighted by molar-refractivity contribution is 0.182. The summed E-state index contributed by atoms with van der Waals surface area (Å²) >= 11 is 0. The molecule has 6 nitrogen and oxygen atoms in total. The molecule has 1 aromatic heterocycles. The molecule has 4 rings (SSSR count). The third-order valence-corrected chi connectivity index (χ3v) is 5.18. The molecule has 2 heterocycles. The number of nitrogens with zero attached hydrogens (tertiary/aromatic N) is 3. The van der Waals surface area contributed by atoms with Crippen LogP contribution >= 0.6 is 0 Å². The highest BCUT2D eigenvalue weighted by atomic mass is 19.2. The molecule has 1 aliphatic heterocycles. The molecule has 152 valence electrons. The number of benzene rings is 2. The average Bonchev–Trinajstić information content (AvgIpc) is 3.14. The maximum atomic E-state index is 13.7. The maximum absolute atomic E-state index is 13.7. The molecule has 3 aromatic rings. The van der Waals surface area contributed by atoms with Crippen molar-refractivity contribution in [1.82, 2.24) is 10.1 Å². The number of aryl methyl sites for hydroxylation is 1. The third-order valence-electron chi connectivity index (χ3n) is 5.18. The van der Waals surface area contributed by atoms with Crippen LogP contribution in [0.4, 0.5) is 25.0 Å². The van der Waals surface area contributed by atoms with E-state index < -0.39 is 17.7 Å². The number of hydrogen-bond acceptors (Lipinski definition) is 3. The van der Waals surface area contributed by atoms with Crippen LogP contribution in [-0.2, 0) is 13.0 Å². The predicted octanol–water partition coefficient (Wildman–Crippen LogP) is 5.46. The van der Waals surface area contributed by atoms with E-state index in [0.29, 0.717) is 23.4 Å². The van der Waals surface area contributed by atoms with Gasteiger partial charge in [0.15, 0.2) is 23.1 Å². The Kier molecular flexibility index (Phi) is 4.96. The summed E-state index contributed by atoms with van der Waals surface area (Å²) in [7, 11) is 0. The lowest BCUT2D eigenvalue weighted by atomic mass is 9.97. The first-order chi connectivity index (χ1) is 14.4. The number of rotatable bonds is 2. The number of fused-ring (bicyclic) bond motifs is 1. The van der Waals surface area contributed by atoms with Gasteiger partial charge in [0.25, 0.3) is 0 Å². The molecular weight excluding hydrogens is 390 g/mol. The summed E-state index contributed by atoms with van der Waals surface area (Å²) in [5.41, 5.74) is 3.02. The number of aromatic nitrogens is 1. The van der Waals surface area contributed by atoms with E-state index in [0.717, 1.165) is 17.3 Å². The van der Waals surface area contributed by atoms with Crippen molar-refractivity contribution in [1.29, 1.82) is 0 Å². The van der Waals surface area contributed by atoms with Crippen molar-refractivity contribution >= 4 is 17.4 Å². The molecule has 0 bridgehead atoms. The van der Waals surface area contributed by atoms with E-state index in [1.54, 1.807) is 23.1 Å². The summed E-state index contributed by atoms with van der Waals surface area (Å²) in [5.74, 6) is -1.43. The van der Waals surface area contributed by atoms with Gasteiger partial charge in [-0.1, -0.05) is 23.4 Å². The van der Waals surface area contributed by atoms with Crippen LogP contribution in [0.2, 0.25) is 0 Å². The number of carbonyl (C=O) groups is 1.